The van der Waals surface area contributed by atoms with Gasteiger partial charge in [-0.25, -0.2) is 4.79 Å². The Hall–Kier alpha value is -3.52. The highest BCUT2D eigenvalue weighted by atomic mass is 16.6. The van der Waals surface area contributed by atoms with Crippen molar-refractivity contribution in [3.05, 3.63) is 71.3 Å². The van der Waals surface area contributed by atoms with Crippen LogP contribution in [0.25, 0.3) is 0 Å². The Bertz CT molecular complexity index is 1010. The lowest BCUT2D eigenvalue weighted by atomic mass is 9.77. The predicted octanol–water partition coefficient (Wildman–Crippen LogP) is 1.91. The molecule has 2 saturated carbocycles. The van der Waals surface area contributed by atoms with Crippen LogP contribution >= 0.6 is 0 Å². The number of nitrogens with two attached hydrogens (primary N) is 3. The Morgan fingerprint density at radius 3 is 2.22 bits per heavy atom. The molecule has 1 amide bonds. The summed E-state index contributed by atoms with van der Waals surface area (Å²) in [4.78, 5) is 33.5. The lowest BCUT2D eigenvalue weighted by Gasteiger charge is -2.27. The first-order valence-corrected chi connectivity index (χ1v) is 10.5. The number of benzene rings is 2. The molecule has 2 bridgehead atoms. The van der Waals surface area contributed by atoms with Crippen molar-refractivity contribution in [1.82, 2.24) is 0 Å². The minimum Gasteiger partial charge on any atom is -0.388 e. The molecule has 2 aliphatic carbocycles. The molecule has 0 spiro atoms. The van der Waals surface area contributed by atoms with Crippen LogP contribution in [-0.4, -0.2) is 30.2 Å². The van der Waals surface area contributed by atoms with Gasteiger partial charge in [0.2, 0.25) is 5.91 Å². The fourth-order valence-electron chi connectivity index (χ4n) is 4.78. The molecule has 0 aromatic heterocycles. The Kier molecular flexibility index (Phi) is 7.37. The second-order valence-corrected chi connectivity index (χ2v) is 8.22. The average molecular weight is 437 g/mol. The van der Waals surface area contributed by atoms with Crippen LogP contribution in [0.5, 0.6) is 0 Å². The van der Waals surface area contributed by atoms with Crippen molar-refractivity contribution in [2.24, 2.45) is 35.0 Å². The van der Waals surface area contributed by atoms with Crippen molar-refractivity contribution >= 4 is 23.7 Å². The first kappa shape index (κ1) is 23.1. The fraction of sp³-hybridized carbons (Fsp3) is 0.333. The Morgan fingerprint density at radius 1 is 0.938 bits per heavy atom. The lowest BCUT2D eigenvalue weighted by molar-refractivity contribution is -0.136. The third-order valence-corrected chi connectivity index (χ3v) is 6.19. The third kappa shape index (κ3) is 5.39. The van der Waals surface area contributed by atoms with Crippen molar-refractivity contribution in [3.63, 3.8) is 0 Å². The molecule has 4 atom stereocenters. The maximum absolute atomic E-state index is 11.4. The van der Waals surface area contributed by atoms with Crippen LogP contribution in [0.15, 0.2) is 54.6 Å². The zero-order valence-electron chi connectivity index (χ0n) is 17.7. The molecule has 2 aromatic rings. The van der Waals surface area contributed by atoms with Gasteiger partial charge in [-0.05, 0) is 54.7 Å². The number of nitrogens with one attached hydrogen (secondary N) is 1. The van der Waals surface area contributed by atoms with E-state index in [2.05, 4.69) is 29.0 Å². The summed E-state index contributed by atoms with van der Waals surface area (Å²) in [6.07, 6.45) is 3.48. The molecule has 4 unspecified atom stereocenters. The number of amides is 1. The molecule has 2 fully saturated rings. The maximum atomic E-state index is 11.4. The number of amidine groups is 1. The van der Waals surface area contributed by atoms with Gasteiger partial charge in [0.1, 0.15) is 5.84 Å². The highest BCUT2D eigenvalue weighted by molar-refractivity contribution is 6.01. The van der Waals surface area contributed by atoms with E-state index < -0.39 is 11.9 Å². The predicted molar refractivity (Wildman–Crippen MR) is 120 cm³/mol. The zero-order valence-corrected chi connectivity index (χ0v) is 17.7. The van der Waals surface area contributed by atoms with Crippen LogP contribution in [0.2, 0.25) is 0 Å². The van der Waals surface area contributed by atoms with Gasteiger partial charge in [0.05, 0.1) is 12.1 Å². The van der Waals surface area contributed by atoms with E-state index in [1.807, 2.05) is 6.07 Å². The molecule has 0 aliphatic heterocycles. The standard InChI is InChI=1S/C14H17NO.C10H11N3O3/c15-14(16)13-8-9-6-11(12(13)7-9)10-4-2-1-3-5-10;11-5-8(14)16-10(15)7-3-1-2-6(4-7)9(12)13/h1-5,9,11-13H,6-8H2,(H2,15,16);1-4H,5,11H2,(H3,12,13). The van der Waals surface area contributed by atoms with Gasteiger partial charge < -0.3 is 21.9 Å². The van der Waals surface area contributed by atoms with E-state index in [0.29, 0.717) is 17.4 Å². The first-order chi connectivity index (χ1) is 15.3. The average Bonchev–Trinajstić information content (AvgIpc) is 3.41. The molecule has 32 heavy (non-hydrogen) atoms. The number of rotatable bonds is 5. The summed E-state index contributed by atoms with van der Waals surface area (Å²) in [6, 6.07) is 16.5. The number of hydrogen-bond donors (Lipinski definition) is 4. The molecule has 0 heterocycles. The molecule has 2 aliphatic rings. The van der Waals surface area contributed by atoms with Gasteiger partial charge >= 0.3 is 11.9 Å². The normalized spacial score (nSPS) is 23.0. The molecule has 2 aromatic carbocycles. The third-order valence-electron chi connectivity index (χ3n) is 6.19. The molecule has 0 saturated heterocycles. The zero-order chi connectivity index (χ0) is 23.3. The number of carbonyl (C=O) groups is 3. The van der Waals surface area contributed by atoms with E-state index in [-0.39, 0.29) is 29.8 Å². The van der Waals surface area contributed by atoms with Crippen LogP contribution in [-0.2, 0) is 14.3 Å². The number of nitrogen functional groups attached to an aromatic ring is 1. The van der Waals surface area contributed by atoms with Crippen LogP contribution in [0, 0.1) is 23.2 Å². The highest BCUT2D eigenvalue weighted by Gasteiger charge is 2.48. The molecule has 168 valence electrons. The summed E-state index contributed by atoms with van der Waals surface area (Å²) >= 11 is 0. The summed E-state index contributed by atoms with van der Waals surface area (Å²) in [5.74, 6) is 0.0590. The summed E-state index contributed by atoms with van der Waals surface area (Å²) in [5, 5.41) is 7.19. The van der Waals surface area contributed by atoms with Crippen molar-refractivity contribution < 1.29 is 19.1 Å². The smallest absolute Gasteiger partial charge is 0.345 e. The molecular weight excluding hydrogens is 408 g/mol. The van der Waals surface area contributed by atoms with Gasteiger partial charge in [0.25, 0.3) is 0 Å². The molecule has 8 heteroatoms. The summed E-state index contributed by atoms with van der Waals surface area (Å²) in [6.45, 7) is -0.363. The SMILES string of the molecule is N=C(N)c1cccc(C(=O)OC(=O)CN)c1.NC(=O)C1CC2CC(c3ccccc3)C1C2. The second kappa shape index (κ2) is 10.2. The quantitative estimate of drug-likeness (QED) is 0.242. The second-order valence-electron chi connectivity index (χ2n) is 8.22. The number of esters is 2. The fourth-order valence-corrected chi connectivity index (χ4v) is 4.78. The van der Waals surface area contributed by atoms with E-state index in [1.54, 1.807) is 12.1 Å². The van der Waals surface area contributed by atoms with Crippen molar-refractivity contribution in [1.29, 1.82) is 5.41 Å². The summed E-state index contributed by atoms with van der Waals surface area (Å²) in [7, 11) is 0. The molecule has 0 radical (unpaired) electrons. The van der Waals surface area contributed by atoms with Crippen LogP contribution < -0.4 is 17.2 Å². The van der Waals surface area contributed by atoms with E-state index in [0.717, 1.165) is 12.3 Å². The van der Waals surface area contributed by atoms with E-state index in [1.165, 1.54) is 30.5 Å². The van der Waals surface area contributed by atoms with Crippen molar-refractivity contribution in [3.8, 4) is 0 Å². The monoisotopic (exact) mass is 436 g/mol. The highest BCUT2D eigenvalue weighted by Crippen LogP contribution is 2.55. The van der Waals surface area contributed by atoms with Gasteiger partial charge in [0.15, 0.2) is 0 Å². The minimum absolute atomic E-state index is 0.0897. The van der Waals surface area contributed by atoms with Crippen LogP contribution in [0.4, 0.5) is 0 Å². The number of hydrogen-bond acceptors (Lipinski definition) is 6. The molecule has 4 rings (SSSR count). The Morgan fingerprint density at radius 2 is 1.62 bits per heavy atom. The number of ether oxygens (including phenoxy) is 1. The Balaban J connectivity index is 0.000000181. The summed E-state index contributed by atoms with van der Waals surface area (Å²) < 4.78 is 4.41. The van der Waals surface area contributed by atoms with Gasteiger partial charge in [0, 0.05) is 11.5 Å². The molecular formula is C24H28N4O4. The Labute approximate surface area is 186 Å². The minimum atomic E-state index is -0.807. The maximum Gasteiger partial charge on any atom is 0.345 e. The van der Waals surface area contributed by atoms with Crippen LogP contribution in [0.1, 0.15) is 46.7 Å². The topological polar surface area (TPSA) is 162 Å². The van der Waals surface area contributed by atoms with Gasteiger partial charge in [-0.2, -0.15) is 0 Å². The van der Waals surface area contributed by atoms with E-state index >= 15 is 0 Å². The van der Waals surface area contributed by atoms with E-state index in [4.69, 9.17) is 22.6 Å². The number of carbonyl (C=O) groups excluding carboxylic acids is 3. The van der Waals surface area contributed by atoms with E-state index in [9.17, 15) is 14.4 Å². The van der Waals surface area contributed by atoms with Gasteiger partial charge in [-0.1, -0.05) is 42.5 Å². The van der Waals surface area contributed by atoms with Gasteiger partial charge in [-0.15, -0.1) is 0 Å². The largest absolute Gasteiger partial charge is 0.388 e. The van der Waals surface area contributed by atoms with Crippen molar-refractivity contribution in [2.75, 3.05) is 6.54 Å². The van der Waals surface area contributed by atoms with Crippen molar-refractivity contribution in [2.45, 2.75) is 25.2 Å². The van der Waals surface area contributed by atoms with Gasteiger partial charge in [-0.3, -0.25) is 15.0 Å². The lowest BCUT2D eigenvalue weighted by Crippen LogP contribution is -2.31. The molecule has 7 N–H and O–H groups in total. The summed E-state index contributed by atoms with van der Waals surface area (Å²) in [5.41, 5.74) is 17.7. The molecule has 8 nitrogen and oxygen atoms in total. The first-order valence-electron chi connectivity index (χ1n) is 10.5. The van der Waals surface area contributed by atoms with Crippen LogP contribution in [0.3, 0.4) is 0 Å². The number of primary amides is 1. The number of fused-ring (bicyclic) bond motifs is 2.